The van der Waals surface area contributed by atoms with Crippen LogP contribution in [-0.2, 0) is 4.79 Å². The van der Waals surface area contributed by atoms with Crippen molar-refractivity contribution < 1.29 is 4.79 Å². The van der Waals surface area contributed by atoms with Crippen molar-refractivity contribution >= 4 is 23.5 Å². The van der Waals surface area contributed by atoms with Gasteiger partial charge in [-0.2, -0.15) is 0 Å². The maximum Gasteiger partial charge on any atom is 0.162 e. The van der Waals surface area contributed by atoms with Gasteiger partial charge in [0.1, 0.15) is 0 Å². The summed E-state index contributed by atoms with van der Waals surface area (Å²) in [6.07, 6.45) is 3.23. The normalized spacial score (nSPS) is 34.2. The van der Waals surface area contributed by atoms with Crippen molar-refractivity contribution in [3.8, 4) is 0 Å². The molecule has 19 heavy (non-hydrogen) atoms. The van der Waals surface area contributed by atoms with Crippen LogP contribution in [0.25, 0.3) is 6.08 Å². The van der Waals surface area contributed by atoms with Crippen LogP contribution < -0.4 is 0 Å². The molecule has 3 atom stereocenters. The molecule has 2 bridgehead atoms. The summed E-state index contributed by atoms with van der Waals surface area (Å²) >= 11 is 5.90. The lowest BCUT2D eigenvalue weighted by Crippen LogP contribution is -2.56. The molecule has 3 fully saturated rings. The Labute approximate surface area is 119 Å². The molecule has 0 unspecified atom stereocenters. The van der Waals surface area contributed by atoms with Gasteiger partial charge in [0.15, 0.2) is 5.78 Å². The molecule has 0 amide bonds. The minimum absolute atomic E-state index is 0.165. The third-order valence-electron chi connectivity index (χ3n) is 5.21. The minimum Gasteiger partial charge on any atom is -0.294 e. The van der Waals surface area contributed by atoms with Gasteiger partial charge >= 0.3 is 0 Å². The molecular formula is C17H19ClO. The molecule has 3 aliphatic rings. The molecule has 0 saturated heterocycles. The third-order valence-corrected chi connectivity index (χ3v) is 5.46. The molecule has 1 aromatic carbocycles. The van der Waals surface area contributed by atoms with Gasteiger partial charge in [0.25, 0.3) is 0 Å². The molecule has 3 aliphatic carbocycles. The van der Waals surface area contributed by atoms with Crippen LogP contribution >= 0.6 is 11.6 Å². The van der Waals surface area contributed by atoms with Gasteiger partial charge in [0.2, 0.25) is 0 Å². The number of Topliss-reactive ketones (excluding diaryl/α,β-unsaturated/α-hetero) is 1. The lowest BCUT2D eigenvalue weighted by Gasteiger charge is -2.59. The van der Waals surface area contributed by atoms with E-state index in [1.165, 1.54) is 6.42 Å². The number of hydrogen-bond donors (Lipinski definition) is 0. The molecule has 0 aromatic heterocycles. The highest BCUT2D eigenvalue weighted by molar-refractivity contribution is 6.30. The van der Waals surface area contributed by atoms with Crippen LogP contribution in [0.1, 0.15) is 32.8 Å². The molecule has 1 nitrogen and oxygen atoms in total. The van der Waals surface area contributed by atoms with E-state index in [0.717, 1.165) is 16.2 Å². The SMILES string of the molecule is C[C@H]1C(=O)/C(=C/c2ccc(Cl)cc2)[C@@H]2C[C@@H]1C2(C)C. The summed E-state index contributed by atoms with van der Waals surface area (Å²) < 4.78 is 0. The quantitative estimate of drug-likeness (QED) is 0.684. The number of allylic oxidation sites excluding steroid dienone is 1. The van der Waals surface area contributed by atoms with Crippen LogP contribution in [0.5, 0.6) is 0 Å². The number of ketones is 1. The Balaban J connectivity index is 1.99. The summed E-state index contributed by atoms with van der Waals surface area (Å²) in [5.41, 5.74) is 2.36. The molecule has 0 heterocycles. The predicted molar refractivity (Wildman–Crippen MR) is 79.0 cm³/mol. The Hall–Kier alpha value is -1.08. The highest BCUT2D eigenvalue weighted by atomic mass is 35.5. The van der Waals surface area contributed by atoms with Gasteiger partial charge in [-0.3, -0.25) is 4.79 Å². The van der Waals surface area contributed by atoms with E-state index in [1.807, 2.05) is 24.3 Å². The standard InChI is InChI=1S/C17H19ClO/c1-10-14-9-15(17(14,2)3)13(16(10)19)8-11-4-6-12(18)7-5-11/h4-8,10,14-15H,9H2,1-3H3/b13-8+/t10-,14+,15+/m1/s1. The number of rotatable bonds is 1. The summed E-state index contributed by atoms with van der Waals surface area (Å²) in [6, 6.07) is 7.70. The Kier molecular flexibility index (Phi) is 2.86. The van der Waals surface area contributed by atoms with Crippen molar-refractivity contribution in [2.24, 2.45) is 23.2 Å². The van der Waals surface area contributed by atoms with Gasteiger partial charge in [-0.15, -0.1) is 0 Å². The largest absolute Gasteiger partial charge is 0.294 e. The number of hydrogen-bond acceptors (Lipinski definition) is 1. The maximum atomic E-state index is 12.4. The summed E-state index contributed by atoms with van der Waals surface area (Å²) in [5.74, 6) is 1.50. The number of fused-ring (bicyclic) bond motifs is 2. The van der Waals surface area contributed by atoms with E-state index in [0.29, 0.717) is 17.6 Å². The van der Waals surface area contributed by atoms with Crippen molar-refractivity contribution in [1.82, 2.24) is 0 Å². The summed E-state index contributed by atoms with van der Waals surface area (Å²) in [5, 5.41) is 0.731. The zero-order valence-electron chi connectivity index (χ0n) is 11.6. The molecule has 0 aliphatic heterocycles. The van der Waals surface area contributed by atoms with E-state index in [4.69, 9.17) is 11.6 Å². The Morgan fingerprint density at radius 2 is 1.89 bits per heavy atom. The first-order valence-corrected chi connectivity index (χ1v) is 7.30. The van der Waals surface area contributed by atoms with Crippen molar-refractivity contribution in [3.63, 3.8) is 0 Å². The van der Waals surface area contributed by atoms with Crippen molar-refractivity contribution in [1.29, 1.82) is 0 Å². The van der Waals surface area contributed by atoms with E-state index < -0.39 is 0 Å². The maximum absolute atomic E-state index is 12.4. The second-order valence-corrected chi connectivity index (χ2v) is 6.96. The molecule has 1 aromatic rings. The molecule has 0 spiro atoms. The Morgan fingerprint density at radius 3 is 2.47 bits per heavy atom. The Bertz CT molecular complexity index is 553. The second-order valence-electron chi connectivity index (χ2n) is 6.52. The number of halogens is 1. The van der Waals surface area contributed by atoms with Crippen molar-refractivity contribution in [2.75, 3.05) is 0 Å². The van der Waals surface area contributed by atoms with Gasteiger partial charge < -0.3 is 0 Å². The number of carbonyl (C=O) groups is 1. The van der Waals surface area contributed by atoms with Crippen LogP contribution in [0.15, 0.2) is 29.8 Å². The van der Waals surface area contributed by atoms with Crippen molar-refractivity contribution in [2.45, 2.75) is 27.2 Å². The Morgan fingerprint density at radius 1 is 1.26 bits per heavy atom. The topological polar surface area (TPSA) is 17.1 Å². The average Bonchev–Trinajstić information content (AvgIpc) is 2.36. The highest BCUT2D eigenvalue weighted by Crippen LogP contribution is 2.62. The second kappa shape index (κ2) is 4.21. The molecule has 3 saturated carbocycles. The summed E-state index contributed by atoms with van der Waals surface area (Å²) in [7, 11) is 0. The summed E-state index contributed by atoms with van der Waals surface area (Å²) in [4.78, 5) is 12.4. The van der Waals surface area contributed by atoms with Gasteiger partial charge in [0.05, 0.1) is 0 Å². The smallest absolute Gasteiger partial charge is 0.162 e. The lowest BCUT2D eigenvalue weighted by atomic mass is 9.44. The zero-order valence-corrected chi connectivity index (χ0v) is 12.4. The zero-order chi connectivity index (χ0) is 13.8. The number of benzene rings is 1. The first-order valence-electron chi connectivity index (χ1n) is 6.92. The monoisotopic (exact) mass is 274 g/mol. The minimum atomic E-state index is 0.165. The van der Waals surface area contributed by atoms with Gasteiger partial charge in [-0.05, 0) is 53.0 Å². The van der Waals surface area contributed by atoms with Crippen LogP contribution in [0.3, 0.4) is 0 Å². The first kappa shape index (κ1) is 12.9. The molecule has 0 N–H and O–H groups in total. The number of carbonyl (C=O) groups excluding carboxylic acids is 1. The fraction of sp³-hybridized carbons (Fsp3) is 0.471. The van der Waals surface area contributed by atoms with E-state index in [-0.39, 0.29) is 11.3 Å². The summed E-state index contributed by atoms with van der Waals surface area (Å²) in [6.45, 7) is 6.68. The van der Waals surface area contributed by atoms with Crippen LogP contribution in [0.2, 0.25) is 5.02 Å². The van der Waals surface area contributed by atoms with E-state index >= 15 is 0 Å². The van der Waals surface area contributed by atoms with Gasteiger partial charge in [-0.25, -0.2) is 0 Å². The first-order chi connectivity index (χ1) is 8.91. The molecule has 0 radical (unpaired) electrons. The fourth-order valence-electron chi connectivity index (χ4n) is 3.86. The van der Waals surface area contributed by atoms with E-state index in [9.17, 15) is 4.79 Å². The van der Waals surface area contributed by atoms with E-state index in [1.54, 1.807) is 0 Å². The fourth-order valence-corrected chi connectivity index (χ4v) is 3.99. The third kappa shape index (κ3) is 1.87. The van der Waals surface area contributed by atoms with E-state index in [2.05, 4.69) is 26.8 Å². The van der Waals surface area contributed by atoms with Crippen LogP contribution in [0.4, 0.5) is 0 Å². The van der Waals surface area contributed by atoms with Gasteiger partial charge in [0, 0.05) is 10.9 Å². The van der Waals surface area contributed by atoms with Crippen LogP contribution in [-0.4, -0.2) is 5.78 Å². The van der Waals surface area contributed by atoms with Crippen LogP contribution in [0, 0.1) is 23.2 Å². The molecule has 4 rings (SSSR count). The predicted octanol–water partition coefficient (Wildman–Crippen LogP) is 4.60. The highest BCUT2D eigenvalue weighted by Gasteiger charge is 2.58. The van der Waals surface area contributed by atoms with Gasteiger partial charge in [-0.1, -0.05) is 44.5 Å². The molecule has 100 valence electrons. The average molecular weight is 275 g/mol. The molecule has 2 heteroatoms. The lowest BCUT2D eigenvalue weighted by molar-refractivity contribution is -0.139. The van der Waals surface area contributed by atoms with Crippen molar-refractivity contribution in [3.05, 3.63) is 40.4 Å². The molecular weight excluding hydrogens is 256 g/mol.